The third-order valence-corrected chi connectivity index (χ3v) is 3.10. The third-order valence-electron chi connectivity index (χ3n) is 3.10. The van der Waals surface area contributed by atoms with Crippen LogP contribution in [0.25, 0.3) is 0 Å². The van der Waals surface area contributed by atoms with E-state index >= 15 is 0 Å². The molecule has 0 spiro atoms. The highest BCUT2D eigenvalue weighted by Crippen LogP contribution is 2.17. The first-order chi connectivity index (χ1) is 11.9. The quantitative estimate of drug-likeness (QED) is 0.607. The highest BCUT2D eigenvalue weighted by Gasteiger charge is 2.19. The Kier molecular flexibility index (Phi) is 8.70. The van der Waals surface area contributed by atoms with Crippen LogP contribution in [-0.2, 0) is 19.1 Å². The van der Waals surface area contributed by atoms with Crippen LogP contribution >= 0.6 is 0 Å². The molecule has 8 heteroatoms. The summed E-state index contributed by atoms with van der Waals surface area (Å²) in [7, 11) is 0. The zero-order valence-electron chi connectivity index (χ0n) is 14.3. The molecule has 136 valence electrons. The number of imide groups is 1. The molecular formula is C17H23N3O5. The van der Waals surface area contributed by atoms with Crippen molar-refractivity contribution < 1.29 is 23.9 Å². The molecule has 1 atom stereocenters. The average molecular weight is 349 g/mol. The zero-order valence-corrected chi connectivity index (χ0v) is 14.3. The van der Waals surface area contributed by atoms with Gasteiger partial charge in [0.2, 0.25) is 5.91 Å². The van der Waals surface area contributed by atoms with E-state index in [1.165, 1.54) is 6.92 Å². The van der Waals surface area contributed by atoms with Crippen LogP contribution in [0.3, 0.4) is 0 Å². The van der Waals surface area contributed by atoms with Gasteiger partial charge in [-0.3, -0.25) is 19.7 Å². The van der Waals surface area contributed by atoms with Gasteiger partial charge < -0.3 is 15.4 Å². The van der Waals surface area contributed by atoms with Crippen molar-refractivity contribution in [2.24, 2.45) is 0 Å². The second kappa shape index (κ2) is 10.8. The summed E-state index contributed by atoms with van der Waals surface area (Å²) < 4.78 is 4.86. The van der Waals surface area contributed by atoms with Gasteiger partial charge in [-0.15, -0.1) is 0 Å². The molecule has 1 aromatic rings. The maximum absolute atomic E-state index is 11.9. The van der Waals surface area contributed by atoms with Crippen molar-refractivity contribution >= 4 is 23.8 Å². The Labute approximate surface area is 146 Å². The predicted octanol–water partition coefficient (Wildman–Crippen LogP) is 1.03. The van der Waals surface area contributed by atoms with E-state index in [1.54, 1.807) is 24.3 Å². The highest BCUT2D eigenvalue weighted by atomic mass is 16.5. The van der Waals surface area contributed by atoms with Gasteiger partial charge in [-0.2, -0.15) is 0 Å². The van der Waals surface area contributed by atoms with Gasteiger partial charge in [0.15, 0.2) is 6.61 Å². The molecule has 0 saturated carbocycles. The molecule has 25 heavy (non-hydrogen) atoms. The molecule has 1 rings (SSSR count). The molecule has 0 heterocycles. The predicted molar refractivity (Wildman–Crippen MR) is 90.4 cm³/mol. The summed E-state index contributed by atoms with van der Waals surface area (Å²) >= 11 is 0. The largest absolute Gasteiger partial charge is 0.455 e. The summed E-state index contributed by atoms with van der Waals surface area (Å²) in [5.41, 5.74) is 0.748. The van der Waals surface area contributed by atoms with E-state index in [-0.39, 0.29) is 12.3 Å². The zero-order chi connectivity index (χ0) is 18.7. The first kappa shape index (κ1) is 20.1. The molecule has 0 bridgehead atoms. The van der Waals surface area contributed by atoms with E-state index in [9.17, 15) is 19.2 Å². The number of carbonyl (C=O) groups is 4. The summed E-state index contributed by atoms with van der Waals surface area (Å²) in [5.74, 6) is -1.67. The molecule has 0 aliphatic carbocycles. The number of ether oxygens (including phenoxy) is 1. The second-order valence-electron chi connectivity index (χ2n) is 5.33. The Balaban J connectivity index is 2.48. The Morgan fingerprint density at radius 2 is 1.80 bits per heavy atom. The van der Waals surface area contributed by atoms with Crippen molar-refractivity contribution in [2.75, 3.05) is 13.2 Å². The first-order valence-corrected chi connectivity index (χ1v) is 7.97. The van der Waals surface area contributed by atoms with Crippen LogP contribution in [0.1, 0.15) is 38.3 Å². The van der Waals surface area contributed by atoms with E-state index < -0.39 is 30.6 Å². The molecule has 0 saturated heterocycles. The van der Waals surface area contributed by atoms with Crippen LogP contribution in [0.5, 0.6) is 0 Å². The highest BCUT2D eigenvalue weighted by molar-refractivity contribution is 5.95. The molecule has 0 fully saturated rings. The molecule has 0 aliphatic heterocycles. The van der Waals surface area contributed by atoms with Gasteiger partial charge in [0.25, 0.3) is 5.91 Å². The Morgan fingerprint density at radius 3 is 2.40 bits per heavy atom. The van der Waals surface area contributed by atoms with Crippen molar-refractivity contribution in [1.82, 2.24) is 16.0 Å². The number of carbonyl (C=O) groups excluding carboxylic acids is 4. The normalized spacial score (nSPS) is 11.1. The summed E-state index contributed by atoms with van der Waals surface area (Å²) in [5, 5.41) is 7.18. The molecule has 8 nitrogen and oxygen atoms in total. The van der Waals surface area contributed by atoms with E-state index in [0.717, 1.165) is 12.0 Å². The van der Waals surface area contributed by atoms with Crippen molar-refractivity contribution in [3.8, 4) is 0 Å². The monoisotopic (exact) mass is 349 g/mol. The summed E-state index contributed by atoms with van der Waals surface area (Å²) in [6.07, 6.45) is 0.611. The number of amides is 4. The van der Waals surface area contributed by atoms with Gasteiger partial charge in [-0.05, 0) is 12.0 Å². The van der Waals surface area contributed by atoms with Crippen molar-refractivity contribution in [2.45, 2.75) is 32.7 Å². The number of urea groups is 1. The van der Waals surface area contributed by atoms with Gasteiger partial charge >= 0.3 is 12.0 Å². The molecule has 0 radical (unpaired) electrons. The third kappa shape index (κ3) is 8.50. The molecule has 0 unspecified atom stereocenters. The molecule has 0 aromatic heterocycles. The lowest BCUT2D eigenvalue weighted by molar-refractivity contribution is -0.148. The van der Waals surface area contributed by atoms with E-state index in [0.29, 0.717) is 6.54 Å². The summed E-state index contributed by atoms with van der Waals surface area (Å²) in [6.45, 7) is 3.10. The fraction of sp³-hybridized carbons (Fsp3) is 0.412. The maximum Gasteiger partial charge on any atom is 0.321 e. The lowest BCUT2D eigenvalue weighted by Gasteiger charge is -2.17. The minimum absolute atomic E-state index is 0.126. The van der Waals surface area contributed by atoms with Crippen LogP contribution in [0.15, 0.2) is 30.3 Å². The standard InChI is InChI=1S/C17H23N3O5/c1-3-9-18-17(24)20-15(22)11-25-16(23)10-14(19-12(2)21)13-7-5-4-6-8-13/h4-8,14H,3,9-11H2,1-2H3,(H,19,21)(H2,18,20,22,24)/t14-/m1/s1. The lowest BCUT2D eigenvalue weighted by atomic mass is 10.0. The van der Waals surface area contributed by atoms with E-state index in [4.69, 9.17) is 4.74 Å². The molecule has 4 amide bonds. The minimum atomic E-state index is -0.724. The van der Waals surface area contributed by atoms with Crippen LogP contribution in [0.2, 0.25) is 0 Å². The van der Waals surface area contributed by atoms with Gasteiger partial charge in [0.1, 0.15) is 0 Å². The van der Waals surface area contributed by atoms with Crippen molar-refractivity contribution in [3.63, 3.8) is 0 Å². The molecule has 0 aliphatic rings. The number of hydrogen-bond donors (Lipinski definition) is 3. The van der Waals surface area contributed by atoms with Crippen LogP contribution < -0.4 is 16.0 Å². The summed E-state index contributed by atoms with van der Waals surface area (Å²) in [6, 6.07) is 7.76. The Bertz CT molecular complexity index is 604. The number of esters is 1. The van der Waals surface area contributed by atoms with Crippen molar-refractivity contribution in [1.29, 1.82) is 0 Å². The Hall–Kier alpha value is -2.90. The number of rotatable bonds is 8. The first-order valence-electron chi connectivity index (χ1n) is 7.97. The SMILES string of the molecule is CCCNC(=O)NC(=O)COC(=O)C[C@@H](NC(C)=O)c1ccccc1. The molecular weight excluding hydrogens is 326 g/mol. The van der Waals surface area contributed by atoms with Gasteiger partial charge in [-0.1, -0.05) is 37.3 Å². The van der Waals surface area contributed by atoms with Crippen molar-refractivity contribution in [3.05, 3.63) is 35.9 Å². The van der Waals surface area contributed by atoms with Gasteiger partial charge in [0, 0.05) is 13.5 Å². The number of benzene rings is 1. The number of hydrogen-bond acceptors (Lipinski definition) is 5. The van der Waals surface area contributed by atoms with Crippen LogP contribution in [0, 0.1) is 0 Å². The molecule has 3 N–H and O–H groups in total. The topological polar surface area (TPSA) is 114 Å². The van der Waals surface area contributed by atoms with Gasteiger partial charge in [0.05, 0.1) is 12.5 Å². The summed E-state index contributed by atoms with van der Waals surface area (Å²) in [4.78, 5) is 46.1. The fourth-order valence-electron chi connectivity index (χ4n) is 2.00. The van der Waals surface area contributed by atoms with E-state index in [2.05, 4.69) is 16.0 Å². The number of nitrogens with one attached hydrogen (secondary N) is 3. The smallest absolute Gasteiger partial charge is 0.321 e. The minimum Gasteiger partial charge on any atom is -0.455 e. The van der Waals surface area contributed by atoms with Crippen LogP contribution in [-0.4, -0.2) is 37.0 Å². The van der Waals surface area contributed by atoms with Gasteiger partial charge in [-0.25, -0.2) is 4.79 Å². The maximum atomic E-state index is 11.9. The average Bonchev–Trinajstić information content (AvgIpc) is 2.58. The van der Waals surface area contributed by atoms with E-state index in [1.807, 2.05) is 13.0 Å². The lowest BCUT2D eigenvalue weighted by Crippen LogP contribution is -2.41. The van der Waals surface area contributed by atoms with Crippen LogP contribution in [0.4, 0.5) is 4.79 Å². The molecule has 1 aromatic carbocycles. The fourth-order valence-corrected chi connectivity index (χ4v) is 2.00. The Morgan fingerprint density at radius 1 is 1.12 bits per heavy atom. The second-order valence-corrected chi connectivity index (χ2v) is 5.33.